The van der Waals surface area contributed by atoms with Crippen molar-refractivity contribution < 1.29 is 79.0 Å². The van der Waals surface area contributed by atoms with Crippen molar-refractivity contribution in [3.05, 3.63) is 124 Å². The third-order valence-electron chi connectivity index (χ3n) is 22.4. The molecule has 6 aliphatic rings. The number of fused-ring (bicyclic) bond motifs is 3. The Balaban J connectivity index is 0.709. The number of anilines is 5. The molecule has 6 fully saturated rings. The van der Waals surface area contributed by atoms with Crippen LogP contribution in [0, 0.1) is 6.92 Å². The van der Waals surface area contributed by atoms with Gasteiger partial charge < -0.3 is 90.1 Å². The number of aromatic nitrogens is 18. The average Bonchev–Trinajstić information content (AvgIpc) is 1.48. The van der Waals surface area contributed by atoms with Crippen LogP contribution in [-0.2, 0) is 73.9 Å². The van der Waals surface area contributed by atoms with Gasteiger partial charge in [-0.3, -0.25) is 79.6 Å². The van der Waals surface area contributed by atoms with Crippen molar-refractivity contribution in [1.82, 2.24) is 139 Å². The lowest BCUT2D eigenvalue weighted by molar-refractivity contribution is -0.132. The van der Waals surface area contributed by atoms with Crippen molar-refractivity contribution in [2.75, 3.05) is 217 Å². The highest BCUT2D eigenvalue weighted by atomic mass is 31.2. The number of nitrogens with zero attached hydrogens (tertiary/aromatic N) is 25. The molecule has 130 heavy (non-hydrogen) atoms. The van der Waals surface area contributed by atoms with Gasteiger partial charge in [0.15, 0.2) is 52.5 Å². The zero-order valence-corrected chi connectivity index (χ0v) is 77.1. The summed E-state index contributed by atoms with van der Waals surface area (Å²) in [6.07, 6.45) is -4.37. The average molecular weight is 1920 g/mol. The minimum Gasteiger partial charge on any atom is -0.394 e. The Morgan fingerprint density at radius 3 is 1.12 bits per heavy atom. The third-order valence-corrected chi connectivity index (χ3v) is 35.0. The number of nitrogens with one attached hydrogen (secondary N) is 4. The number of aliphatic hydroxyl groups excluding tert-OH is 1. The Bertz CT molecular complexity index is 6290. The molecular formula is C68H105N34O23P5. The van der Waals surface area contributed by atoms with Gasteiger partial charge >= 0.3 is 55.4 Å². The van der Waals surface area contributed by atoms with Crippen LogP contribution < -0.4 is 67.7 Å². The molecule has 5 unspecified atom stereocenters. The minimum atomic E-state index is -4.55. The van der Waals surface area contributed by atoms with Gasteiger partial charge in [-0.15, -0.1) is 0 Å². The summed E-state index contributed by atoms with van der Waals surface area (Å²) < 4.78 is 175. The molecule has 0 amide bonds. The monoisotopic (exact) mass is 1920 g/mol. The van der Waals surface area contributed by atoms with E-state index in [1.54, 1.807) is 4.57 Å². The first kappa shape index (κ1) is 95.5. The Labute approximate surface area is 738 Å². The molecule has 0 radical (unpaired) electrons. The summed E-state index contributed by atoms with van der Waals surface area (Å²) in [6.45, 7) is -3.78. The van der Waals surface area contributed by atoms with Gasteiger partial charge in [0.25, 0.3) is 16.7 Å². The molecule has 9 aromatic heterocycles. The van der Waals surface area contributed by atoms with E-state index in [1.165, 1.54) is 194 Å². The minimum absolute atomic E-state index is 0.00934. The van der Waals surface area contributed by atoms with Crippen LogP contribution in [0.5, 0.6) is 0 Å². The standard InChI is InChI=1S/C68H105N34O23P5/c1-39-18-99(68(109)86-61(39)104)50-25-93(128(112,89(6)7)118-33-44-22-95(27-52(124-44)101-37-78-55-59(101)82-64(72)84-62(55)105)127(111,88(4)5)115-30-40-16-74-17-48(120-40)97-14-12-46(69)80-66(97)107)20-42(122-50)31-117-130(114,91(10)11)96-23-45(125-53(28-96)102-38-79-56-60(102)83-65(73)85-63(56)106)34-119-129(113,90(8)9)94-21-43(123-51(26-94)100-36-77-54-57(71)75-35-76-58(54)100)32-116-126(110,87(2)3)92-19-41(29-103)121-49(24-92)98-15-13-47(70)81-67(98)108/h12-15,18,35-38,40-45,48-53,74,103H,16-17,19-34H2,1-11H3,(H2,69,80,107)(H2,70,81,108)(H2,71,75,76)(H,86,104,109)(H3,72,82,84,105)(H3,73,83,85,106)/t40-,41-,42-,43-,44-,45-,48+,49+,50+,51+,52+,53+,126?,127?,128?,129?,130?/m0/s1. The molecule has 0 spiro atoms. The smallest absolute Gasteiger partial charge is 0.351 e. The molecule has 6 aliphatic heterocycles. The number of nitrogen functional groups attached to an aromatic ring is 5. The van der Waals surface area contributed by atoms with Crippen LogP contribution in [0.15, 0.2) is 84.8 Å². The maximum atomic E-state index is 16.6. The Morgan fingerprint density at radius 2 is 0.738 bits per heavy atom. The molecule has 62 heteroatoms. The number of H-pyrrole nitrogens is 3. The molecule has 0 bridgehead atoms. The van der Waals surface area contributed by atoms with E-state index in [-0.39, 0.29) is 154 Å². The highest BCUT2D eigenvalue weighted by Gasteiger charge is 2.52. The normalized spacial score (nSPS) is 26.4. The van der Waals surface area contributed by atoms with Crippen molar-refractivity contribution in [3.63, 3.8) is 0 Å². The molecule has 710 valence electrons. The zero-order valence-electron chi connectivity index (χ0n) is 72.6. The molecule has 0 aliphatic carbocycles. The fourth-order valence-electron chi connectivity index (χ4n) is 15.8. The molecule has 9 aromatic rings. The SMILES string of the molecule is Cc1cn([C@H]2CN(P(=O)(OC[C@@H]3CN(P(=O)(OC[C@@H]4CNC[C@H](n5ccc(N)nc5=O)O4)N(C)C)C[C@H](n4cnc5c(=O)[nH]c(N)nc54)O3)N(C)C)C[C@@H](COP(=O)(N(C)C)N3C[C@@H](COP(=O)(N(C)C)N4C[C@@H](COP(=O)(N(C)C)N5C[C@@H](CO)O[C@@H](n6ccc(N)nc6=O)C5)O[C@@H](n5cnc6c(N)ncnc65)C4)O[C@@H](n4cnc5c(=O)[nH]c(N)nc54)C3)O2)c(=O)[nH]c1=O. The van der Waals surface area contributed by atoms with Gasteiger partial charge in [-0.25, -0.2) is 86.0 Å². The zero-order chi connectivity index (χ0) is 93.1. The fraction of sp³-hybridized carbons (Fsp3) is 0.603. The van der Waals surface area contributed by atoms with Crippen LogP contribution in [0.2, 0.25) is 0 Å². The second-order valence-electron chi connectivity index (χ2n) is 32.3. The van der Waals surface area contributed by atoms with E-state index < -0.39 is 179 Å². The molecule has 0 saturated carbocycles. The lowest BCUT2D eigenvalue weighted by atomic mass is 10.3. The number of aliphatic hydroxyl groups is 1. The van der Waals surface area contributed by atoms with Crippen LogP contribution in [0.4, 0.5) is 29.4 Å². The van der Waals surface area contributed by atoms with Gasteiger partial charge in [-0.05, 0) is 89.5 Å². The highest BCUT2D eigenvalue weighted by Crippen LogP contribution is 2.61. The molecule has 17 atom stereocenters. The van der Waals surface area contributed by atoms with E-state index in [0.29, 0.717) is 0 Å². The van der Waals surface area contributed by atoms with Gasteiger partial charge in [0.1, 0.15) is 42.2 Å². The fourth-order valence-corrected chi connectivity index (χ4v) is 25.8. The topological polar surface area (TPSA) is 677 Å². The summed E-state index contributed by atoms with van der Waals surface area (Å²) in [5, 5.41) is 13.7. The summed E-state index contributed by atoms with van der Waals surface area (Å²) in [7, 11) is -6.88. The first-order valence-electron chi connectivity index (χ1n) is 40.7. The first-order valence-corrected chi connectivity index (χ1v) is 48.3. The summed E-state index contributed by atoms with van der Waals surface area (Å²) in [4.78, 5) is 125. The predicted octanol–water partition coefficient (Wildman–Crippen LogP) is -2.72. The second-order valence-corrected chi connectivity index (χ2v) is 45.4. The summed E-state index contributed by atoms with van der Waals surface area (Å²) in [6, 6.07) is 2.83. The predicted molar refractivity (Wildman–Crippen MR) is 464 cm³/mol. The number of imidazole rings is 3. The Kier molecular flexibility index (Phi) is 28.3. The van der Waals surface area contributed by atoms with Crippen LogP contribution >= 0.6 is 38.4 Å². The molecular weight excluding hydrogens is 1820 g/mol. The van der Waals surface area contributed by atoms with E-state index >= 15 is 22.8 Å². The van der Waals surface area contributed by atoms with Crippen LogP contribution in [0.3, 0.4) is 0 Å². The lowest BCUT2D eigenvalue weighted by Gasteiger charge is -2.46. The van der Waals surface area contributed by atoms with Crippen LogP contribution in [-0.4, -0.2) is 364 Å². The van der Waals surface area contributed by atoms with Gasteiger partial charge in [0.2, 0.25) is 11.9 Å². The molecule has 15 heterocycles. The van der Waals surface area contributed by atoms with Crippen molar-refractivity contribution in [3.8, 4) is 0 Å². The third kappa shape index (κ3) is 19.4. The van der Waals surface area contributed by atoms with Gasteiger partial charge in [-0.2, -0.15) is 19.9 Å². The number of aryl methyl sites for hydroxylation is 1. The number of rotatable bonds is 32. The Morgan fingerprint density at radius 1 is 0.400 bits per heavy atom. The quantitative estimate of drug-likeness (QED) is 0.0192. The van der Waals surface area contributed by atoms with E-state index in [2.05, 4.69) is 65.1 Å². The van der Waals surface area contributed by atoms with Crippen molar-refractivity contribution in [2.24, 2.45) is 0 Å². The molecule has 6 saturated heterocycles. The van der Waals surface area contributed by atoms with Crippen molar-refractivity contribution in [2.45, 2.75) is 80.9 Å². The molecule has 57 nitrogen and oxygen atoms in total. The maximum Gasteiger partial charge on any atom is 0.351 e. The van der Waals surface area contributed by atoms with E-state index in [4.69, 9.17) is 79.7 Å². The van der Waals surface area contributed by atoms with Crippen LogP contribution in [0.25, 0.3) is 33.5 Å². The van der Waals surface area contributed by atoms with Gasteiger partial charge in [0.05, 0.1) is 128 Å². The van der Waals surface area contributed by atoms with Crippen molar-refractivity contribution >= 4 is 101 Å². The second kappa shape index (κ2) is 38.5. The number of hydrogen-bond acceptors (Lipinski definition) is 38. The van der Waals surface area contributed by atoms with Gasteiger partial charge in [-0.1, -0.05) is 0 Å². The first-order chi connectivity index (χ1) is 61.7. The van der Waals surface area contributed by atoms with Gasteiger partial charge in [0, 0.05) is 70.0 Å². The lowest BCUT2D eigenvalue weighted by Crippen LogP contribution is -2.51. The summed E-state index contributed by atoms with van der Waals surface area (Å²) >= 11 is 0. The van der Waals surface area contributed by atoms with Crippen molar-refractivity contribution in [1.29, 1.82) is 0 Å². The van der Waals surface area contributed by atoms with E-state index in [1.807, 2.05) is 0 Å². The summed E-state index contributed by atoms with van der Waals surface area (Å²) in [5.74, 6) is -0.532. The molecule has 15 rings (SSSR count). The Hall–Kier alpha value is -9.08. The number of aromatic amines is 3. The number of morpholine rings is 6. The number of ether oxygens (including phenoxy) is 6. The van der Waals surface area contributed by atoms with E-state index in [9.17, 15) is 33.9 Å². The number of hydrogen-bond donors (Lipinski definition) is 10. The number of nitrogens with two attached hydrogens (primary N) is 5. The van der Waals surface area contributed by atoms with E-state index in [0.717, 1.165) is 9.13 Å². The molecule has 0 aromatic carbocycles. The van der Waals surface area contributed by atoms with Crippen LogP contribution in [0.1, 0.15) is 42.9 Å². The highest BCUT2D eigenvalue weighted by molar-refractivity contribution is 7.55. The maximum absolute atomic E-state index is 16.6. The summed E-state index contributed by atoms with van der Waals surface area (Å²) in [5.41, 5.74) is 25.9. The molecule has 15 N–H and O–H groups in total. The largest absolute Gasteiger partial charge is 0.394 e.